The smallest absolute Gasteiger partial charge is 0.407 e. The summed E-state index contributed by atoms with van der Waals surface area (Å²) in [6.07, 6.45) is 32.8. The van der Waals surface area contributed by atoms with Crippen LogP contribution in [0.3, 0.4) is 0 Å². The molecule has 0 fully saturated rings. The second-order valence-electron chi connectivity index (χ2n) is 15.3. The maximum absolute atomic E-state index is 12.8. The van der Waals surface area contributed by atoms with Crippen molar-refractivity contribution in [1.82, 2.24) is 10.2 Å². The normalized spacial score (nSPS) is 12.9. The molecule has 1 amide bonds. The van der Waals surface area contributed by atoms with Gasteiger partial charge in [0.15, 0.2) is 0 Å². The Morgan fingerprint density at radius 3 is 1.46 bits per heavy atom. The van der Waals surface area contributed by atoms with Gasteiger partial charge in [0.2, 0.25) is 0 Å². The molecule has 0 heterocycles. The molecule has 0 rings (SSSR count). The van der Waals surface area contributed by atoms with E-state index in [9.17, 15) is 14.4 Å². The van der Waals surface area contributed by atoms with Crippen LogP contribution in [0, 0.1) is 11.8 Å². The van der Waals surface area contributed by atoms with E-state index in [4.69, 9.17) is 14.2 Å². The van der Waals surface area contributed by atoms with Crippen LogP contribution in [0.4, 0.5) is 4.79 Å². The highest BCUT2D eigenvalue weighted by molar-refractivity contribution is 5.69. The molecular weight excluding hydrogens is 652 g/mol. The molecule has 2 atom stereocenters. The summed E-state index contributed by atoms with van der Waals surface area (Å²) in [5, 5.41) is 3.16. The number of carbonyl (C=O) groups excluding carboxylic acids is 3. The van der Waals surface area contributed by atoms with Gasteiger partial charge in [-0.2, -0.15) is 0 Å². The molecule has 0 saturated carbocycles. The molecule has 0 aliphatic rings. The third kappa shape index (κ3) is 34.7. The molecule has 2 unspecified atom stereocenters. The highest BCUT2D eigenvalue weighted by Crippen LogP contribution is 2.16. The molecule has 1 N–H and O–H groups in total. The highest BCUT2D eigenvalue weighted by atomic mass is 16.5. The number of alkyl carbamates (subject to hydrolysis) is 1. The molecule has 8 heteroatoms. The lowest BCUT2D eigenvalue weighted by molar-refractivity contribution is -0.143. The van der Waals surface area contributed by atoms with Crippen LogP contribution in [-0.2, 0) is 23.8 Å². The molecule has 0 saturated heterocycles. The van der Waals surface area contributed by atoms with Gasteiger partial charge in [-0.15, -0.1) is 0 Å². The first-order chi connectivity index (χ1) is 25.2. The van der Waals surface area contributed by atoms with Crippen LogP contribution in [-0.4, -0.2) is 69.4 Å². The molecule has 304 valence electrons. The number of rotatable bonds is 36. The molecule has 8 nitrogen and oxygen atoms in total. The number of nitrogens with zero attached hydrogens (tertiary/aromatic N) is 1. The Bertz CT molecular complexity index is 853. The van der Waals surface area contributed by atoms with Crippen molar-refractivity contribution in [3.63, 3.8) is 0 Å². The van der Waals surface area contributed by atoms with Gasteiger partial charge >= 0.3 is 18.0 Å². The second-order valence-corrected chi connectivity index (χ2v) is 15.3. The van der Waals surface area contributed by atoms with E-state index in [2.05, 4.69) is 64.2 Å². The van der Waals surface area contributed by atoms with E-state index >= 15 is 0 Å². The first-order valence-corrected chi connectivity index (χ1v) is 21.4. The number of ether oxygens (including phenoxy) is 3. The molecule has 0 spiro atoms. The van der Waals surface area contributed by atoms with Crippen LogP contribution in [0.15, 0.2) is 24.3 Å². The summed E-state index contributed by atoms with van der Waals surface area (Å²) in [7, 11) is 4.13. The zero-order valence-corrected chi connectivity index (χ0v) is 34.7. The predicted molar refractivity (Wildman–Crippen MR) is 218 cm³/mol. The molecule has 0 aromatic carbocycles. The van der Waals surface area contributed by atoms with Gasteiger partial charge in [-0.1, -0.05) is 142 Å². The lowest BCUT2D eigenvalue weighted by atomic mass is 9.96. The summed E-state index contributed by atoms with van der Waals surface area (Å²) >= 11 is 0. The average molecular weight is 735 g/mol. The average Bonchev–Trinajstić information content (AvgIpc) is 3.11. The molecule has 0 aliphatic heterocycles. The Morgan fingerprint density at radius 2 is 1.00 bits per heavy atom. The Labute approximate surface area is 320 Å². The zero-order chi connectivity index (χ0) is 38.5. The molecule has 0 aromatic rings. The van der Waals surface area contributed by atoms with Gasteiger partial charge in [0.1, 0.15) is 13.2 Å². The first-order valence-electron chi connectivity index (χ1n) is 21.4. The largest absolute Gasteiger partial charge is 0.461 e. The number of amides is 1. The van der Waals surface area contributed by atoms with Crippen molar-refractivity contribution in [2.45, 2.75) is 188 Å². The molecule has 0 radical (unpaired) electrons. The van der Waals surface area contributed by atoms with E-state index in [0.717, 1.165) is 96.4 Å². The minimum Gasteiger partial charge on any atom is -0.461 e. The van der Waals surface area contributed by atoms with Gasteiger partial charge in [0, 0.05) is 25.4 Å². The van der Waals surface area contributed by atoms with Crippen molar-refractivity contribution in [2.24, 2.45) is 11.8 Å². The monoisotopic (exact) mass is 735 g/mol. The second kappa shape index (κ2) is 37.0. The van der Waals surface area contributed by atoms with Crippen LogP contribution in [0.1, 0.15) is 182 Å². The van der Waals surface area contributed by atoms with Crippen LogP contribution in [0.25, 0.3) is 0 Å². The van der Waals surface area contributed by atoms with Gasteiger partial charge in [-0.25, -0.2) is 4.79 Å². The number of allylic oxidation sites excluding steroid dienone is 2. The number of carbonyl (C=O) groups is 3. The molecule has 52 heavy (non-hydrogen) atoms. The van der Waals surface area contributed by atoms with Crippen LogP contribution >= 0.6 is 0 Å². The van der Waals surface area contributed by atoms with Gasteiger partial charge in [-0.05, 0) is 77.3 Å². The number of unbranched alkanes of at least 4 members (excludes halogenated alkanes) is 16. The van der Waals surface area contributed by atoms with Gasteiger partial charge < -0.3 is 24.4 Å². The van der Waals surface area contributed by atoms with Crippen molar-refractivity contribution in [1.29, 1.82) is 0 Å². The third-order valence-electron chi connectivity index (χ3n) is 9.75. The Hall–Kier alpha value is -2.35. The minimum atomic E-state index is -0.316. The number of nitrogens with one attached hydrogen (secondary N) is 1. The van der Waals surface area contributed by atoms with Gasteiger partial charge in [0.05, 0.1) is 6.61 Å². The molecule has 0 aliphatic carbocycles. The molecule has 0 bridgehead atoms. The third-order valence-corrected chi connectivity index (χ3v) is 9.75. The van der Waals surface area contributed by atoms with E-state index in [-0.39, 0.29) is 30.0 Å². The van der Waals surface area contributed by atoms with Gasteiger partial charge in [-0.3, -0.25) is 9.59 Å². The van der Waals surface area contributed by atoms with E-state index in [1.165, 1.54) is 51.4 Å². The standard InChI is InChI=1S/C44H82N2O6/c1-7-9-11-13-15-23-29-35-50-42(47)33-27-21-17-19-25-31-41(45-44(49)52-38-40(4)39(3)37-46(5)6)32-26-20-18-22-28-34-43(48)51-36-30-24-16-14-12-10-8-2/h23-24,29-30,39-41H,7-22,25-28,31-38H2,1-6H3,(H,45,49)/b29-23-,30-24-. The fourth-order valence-corrected chi connectivity index (χ4v) is 6.18. The van der Waals surface area contributed by atoms with Crippen molar-refractivity contribution < 1.29 is 28.6 Å². The predicted octanol–water partition coefficient (Wildman–Crippen LogP) is 11.5. The van der Waals surface area contributed by atoms with Gasteiger partial charge in [0.25, 0.3) is 0 Å². The topological polar surface area (TPSA) is 94.2 Å². The molecule has 0 aromatic heterocycles. The summed E-state index contributed by atoms with van der Waals surface area (Å²) in [6, 6.07) is 0.0892. The number of hydrogen-bond acceptors (Lipinski definition) is 7. The number of hydrogen-bond donors (Lipinski definition) is 1. The number of esters is 2. The van der Waals surface area contributed by atoms with E-state index in [1.807, 2.05) is 12.2 Å². The first kappa shape index (κ1) is 49.6. The lowest BCUT2D eigenvalue weighted by Crippen LogP contribution is -2.36. The Kier molecular flexibility index (Phi) is 35.3. The van der Waals surface area contributed by atoms with E-state index < -0.39 is 0 Å². The quantitative estimate of drug-likeness (QED) is 0.0296. The summed E-state index contributed by atoms with van der Waals surface area (Å²) in [5.74, 6) is 0.501. The zero-order valence-electron chi connectivity index (χ0n) is 34.7. The minimum absolute atomic E-state index is 0.0892. The summed E-state index contributed by atoms with van der Waals surface area (Å²) in [4.78, 5) is 39.0. The summed E-state index contributed by atoms with van der Waals surface area (Å²) in [5.41, 5.74) is 0. The lowest BCUT2D eigenvalue weighted by Gasteiger charge is -2.24. The Balaban J connectivity index is 4.36. The fraction of sp³-hybridized carbons (Fsp3) is 0.841. The molecular formula is C44H82N2O6. The maximum Gasteiger partial charge on any atom is 0.407 e. The van der Waals surface area contributed by atoms with Crippen LogP contribution in [0.5, 0.6) is 0 Å². The maximum atomic E-state index is 12.8. The fourth-order valence-electron chi connectivity index (χ4n) is 6.18. The SMILES string of the molecule is CCCCCC/C=C\COC(=O)CCCCCCCC(CCCCCCCC(=O)OC/C=C\CCCCCC)NC(=O)OCC(C)C(C)CN(C)C. The van der Waals surface area contributed by atoms with Crippen molar-refractivity contribution in [3.05, 3.63) is 24.3 Å². The van der Waals surface area contributed by atoms with Crippen molar-refractivity contribution in [3.8, 4) is 0 Å². The van der Waals surface area contributed by atoms with Crippen LogP contribution < -0.4 is 5.32 Å². The van der Waals surface area contributed by atoms with Crippen molar-refractivity contribution >= 4 is 18.0 Å². The highest BCUT2D eigenvalue weighted by Gasteiger charge is 2.18. The van der Waals surface area contributed by atoms with E-state index in [0.29, 0.717) is 38.6 Å². The van der Waals surface area contributed by atoms with E-state index in [1.54, 1.807) is 0 Å². The Morgan fingerprint density at radius 1 is 0.558 bits per heavy atom. The van der Waals surface area contributed by atoms with Crippen molar-refractivity contribution in [2.75, 3.05) is 40.5 Å². The summed E-state index contributed by atoms with van der Waals surface area (Å²) in [6.45, 7) is 10.9. The summed E-state index contributed by atoms with van der Waals surface area (Å²) < 4.78 is 16.3. The van der Waals surface area contributed by atoms with Crippen LogP contribution in [0.2, 0.25) is 0 Å².